The van der Waals surface area contributed by atoms with Gasteiger partial charge in [0, 0.05) is 29.7 Å². The molecule has 13 heteroatoms. The summed E-state index contributed by atoms with van der Waals surface area (Å²) in [6, 6.07) is 25.4. The van der Waals surface area contributed by atoms with Gasteiger partial charge in [0.25, 0.3) is 0 Å². The van der Waals surface area contributed by atoms with Gasteiger partial charge in [-0.15, -0.1) is 0 Å². The van der Waals surface area contributed by atoms with E-state index in [0.29, 0.717) is 5.57 Å². The number of hydrogen-bond acceptors (Lipinski definition) is 12. The van der Waals surface area contributed by atoms with E-state index >= 15 is 0 Å². The predicted molar refractivity (Wildman–Crippen MR) is 181 cm³/mol. The Morgan fingerprint density at radius 1 is 0.863 bits per heavy atom. The molecule has 2 heterocycles. The largest absolute Gasteiger partial charge is 0.456 e. The van der Waals surface area contributed by atoms with Crippen LogP contribution in [0.4, 0.5) is 0 Å². The molecule has 0 aromatic heterocycles. The molecule has 13 nitrogen and oxygen atoms in total. The molecule has 2 fully saturated rings. The van der Waals surface area contributed by atoms with Crippen molar-refractivity contribution in [2.45, 2.75) is 61.2 Å². The first-order valence-corrected chi connectivity index (χ1v) is 16.7. The first kappa shape index (κ1) is 36.5. The number of fused-ring (bicyclic) bond motifs is 1. The van der Waals surface area contributed by atoms with E-state index in [-0.39, 0.29) is 31.7 Å². The Bertz CT molecular complexity index is 1640. The number of aliphatic hydroxyl groups is 5. The molecule has 51 heavy (non-hydrogen) atoms. The Morgan fingerprint density at radius 3 is 2.16 bits per heavy atom. The lowest BCUT2D eigenvalue weighted by Gasteiger charge is -2.39. The summed E-state index contributed by atoms with van der Waals surface area (Å²) in [5, 5.41) is 51.3. The van der Waals surface area contributed by atoms with Crippen molar-refractivity contribution in [2.24, 2.45) is 0 Å². The molecule has 2 aliphatic heterocycles. The third-order valence-corrected chi connectivity index (χ3v) is 9.00. The van der Waals surface area contributed by atoms with E-state index in [0.717, 1.165) is 16.7 Å². The maximum Gasteiger partial charge on any atom is 0.338 e. The average molecular weight is 704 g/mol. The molecule has 2 saturated heterocycles. The minimum Gasteiger partial charge on any atom is -0.456 e. The van der Waals surface area contributed by atoms with E-state index < -0.39 is 73.3 Å². The number of rotatable bonds is 12. The van der Waals surface area contributed by atoms with Crippen LogP contribution in [0.3, 0.4) is 0 Å². The van der Waals surface area contributed by atoms with Gasteiger partial charge in [-0.1, -0.05) is 84.9 Å². The standard InChI is InChI=1S/C38H41NO12/c40-18-17-39-35(45)25-20-28(34-29(21-25)50-38(51-34,26-9-3-1-4-10-26)27-11-5-2-6-12-27)48-36(46)24-15-13-23(14-16-24)8-7-19-47-37-33(44)32(43)31(42)30(22-41)49-37/h1-16,21,28-34,37,40-44H,17-20,22H2,(H,39,45). The van der Waals surface area contributed by atoms with Crippen molar-refractivity contribution in [1.82, 2.24) is 5.32 Å². The topological polar surface area (TPSA) is 193 Å². The molecular weight excluding hydrogens is 662 g/mol. The molecule has 6 N–H and O–H groups in total. The Balaban J connectivity index is 1.15. The number of carbonyl (C=O) groups excluding carboxylic acids is 2. The number of ether oxygens (including phenoxy) is 5. The second-order valence-electron chi connectivity index (χ2n) is 12.4. The van der Waals surface area contributed by atoms with Crippen LogP contribution < -0.4 is 5.32 Å². The summed E-state index contributed by atoms with van der Waals surface area (Å²) in [5.41, 5.74) is 2.79. The molecule has 3 aromatic carbocycles. The number of esters is 1. The normalized spacial score (nSPS) is 28.5. The molecule has 0 radical (unpaired) electrons. The van der Waals surface area contributed by atoms with Crippen molar-refractivity contribution in [3.63, 3.8) is 0 Å². The summed E-state index contributed by atoms with van der Waals surface area (Å²) in [4.78, 5) is 26.6. The third kappa shape index (κ3) is 7.97. The second kappa shape index (κ2) is 16.4. The monoisotopic (exact) mass is 703 g/mol. The molecular formula is C38H41NO12. The molecule has 3 aromatic rings. The highest BCUT2D eigenvalue weighted by molar-refractivity contribution is 5.94. The Hall–Kier alpha value is -4.28. The van der Waals surface area contributed by atoms with Gasteiger partial charge in [0.1, 0.15) is 42.7 Å². The third-order valence-electron chi connectivity index (χ3n) is 9.00. The van der Waals surface area contributed by atoms with Crippen molar-refractivity contribution in [1.29, 1.82) is 0 Å². The van der Waals surface area contributed by atoms with Gasteiger partial charge < -0.3 is 54.5 Å². The highest BCUT2D eigenvalue weighted by Crippen LogP contribution is 2.47. The fraction of sp³-hybridized carbons (Fsp3) is 0.368. The lowest BCUT2D eigenvalue weighted by Crippen LogP contribution is -2.59. The zero-order valence-electron chi connectivity index (χ0n) is 27.6. The van der Waals surface area contributed by atoms with Crippen LogP contribution in [0.5, 0.6) is 0 Å². The van der Waals surface area contributed by atoms with E-state index in [1.165, 1.54) is 0 Å². The SMILES string of the molecule is O=C(NCCO)C1=CC2OC(c3ccccc3)(c3ccccc3)OC2C(OC(=O)c2ccc(C=CCOC3OC(CO)C(O)C(O)C3O)cc2)C1. The second-order valence-corrected chi connectivity index (χ2v) is 12.4. The minimum atomic E-state index is -1.54. The number of nitrogens with one attached hydrogen (secondary N) is 1. The summed E-state index contributed by atoms with van der Waals surface area (Å²) < 4.78 is 30.3. The molecule has 8 atom stereocenters. The molecule has 0 spiro atoms. The van der Waals surface area contributed by atoms with Crippen LogP contribution in [0.25, 0.3) is 6.08 Å². The molecule has 1 amide bonds. The number of benzene rings is 3. The van der Waals surface area contributed by atoms with Crippen molar-refractivity contribution >= 4 is 18.0 Å². The summed E-state index contributed by atoms with van der Waals surface area (Å²) >= 11 is 0. The molecule has 0 bridgehead atoms. The lowest BCUT2D eigenvalue weighted by atomic mass is 9.91. The number of amides is 1. The lowest BCUT2D eigenvalue weighted by molar-refractivity contribution is -0.298. The molecule has 3 aliphatic rings. The fourth-order valence-corrected chi connectivity index (χ4v) is 6.35. The van der Waals surface area contributed by atoms with Gasteiger partial charge in [0.15, 0.2) is 6.29 Å². The molecule has 8 unspecified atom stereocenters. The number of aliphatic hydroxyl groups excluding tert-OH is 5. The van der Waals surface area contributed by atoms with Crippen LogP contribution in [0.1, 0.15) is 33.5 Å². The molecule has 6 rings (SSSR count). The highest BCUT2D eigenvalue weighted by atomic mass is 16.8. The van der Waals surface area contributed by atoms with Gasteiger partial charge in [-0.25, -0.2) is 4.79 Å². The van der Waals surface area contributed by atoms with Gasteiger partial charge in [-0.2, -0.15) is 0 Å². The summed E-state index contributed by atoms with van der Waals surface area (Å²) in [6.07, 6.45) is -4.14. The quantitative estimate of drug-likeness (QED) is 0.148. The van der Waals surface area contributed by atoms with Crippen LogP contribution in [0.2, 0.25) is 0 Å². The van der Waals surface area contributed by atoms with Gasteiger partial charge in [-0.05, 0) is 23.8 Å². The van der Waals surface area contributed by atoms with Gasteiger partial charge >= 0.3 is 5.97 Å². The van der Waals surface area contributed by atoms with Crippen molar-refractivity contribution < 1.29 is 58.8 Å². The van der Waals surface area contributed by atoms with E-state index in [4.69, 9.17) is 23.7 Å². The van der Waals surface area contributed by atoms with Crippen LogP contribution in [-0.4, -0.2) is 113 Å². The van der Waals surface area contributed by atoms with Gasteiger partial charge in [0.05, 0.1) is 25.4 Å². The zero-order valence-corrected chi connectivity index (χ0v) is 27.6. The highest BCUT2D eigenvalue weighted by Gasteiger charge is 2.55. The summed E-state index contributed by atoms with van der Waals surface area (Å²) in [7, 11) is 0. The Labute approximate surface area is 294 Å². The van der Waals surface area contributed by atoms with Crippen molar-refractivity contribution in [3.8, 4) is 0 Å². The van der Waals surface area contributed by atoms with E-state index in [1.54, 1.807) is 42.5 Å². The van der Waals surface area contributed by atoms with Crippen molar-refractivity contribution in [3.05, 3.63) is 125 Å². The molecule has 1 aliphatic carbocycles. The van der Waals surface area contributed by atoms with Gasteiger partial charge in [0.2, 0.25) is 11.7 Å². The molecule has 270 valence electrons. The van der Waals surface area contributed by atoms with E-state index in [1.807, 2.05) is 60.7 Å². The van der Waals surface area contributed by atoms with Crippen LogP contribution >= 0.6 is 0 Å². The van der Waals surface area contributed by atoms with E-state index in [9.17, 15) is 35.1 Å². The summed E-state index contributed by atoms with van der Waals surface area (Å²) in [6.45, 7) is -0.748. The zero-order chi connectivity index (χ0) is 36.0. The fourth-order valence-electron chi connectivity index (χ4n) is 6.35. The summed E-state index contributed by atoms with van der Waals surface area (Å²) in [5.74, 6) is -2.37. The maximum absolute atomic E-state index is 13.5. The minimum absolute atomic E-state index is 0.0199. The van der Waals surface area contributed by atoms with Crippen LogP contribution in [0, 0.1) is 0 Å². The predicted octanol–water partition coefficient (Wildman–Crippen LogP) is 1.17. The first-order valence-electron chi connectivity index (χ1n) is 16.7. The average Bonchev–Trinajstić information content (AvgIpc) is 3.57. The maximum atomic E-state index is 13.5. The van der Waals surface area contributed by atoms with Crippen LogP contribution in [-0.2, 0) is 34.3 Å². The first-order chi connectivity index (χ1) is 24.7. The number of hydrogen-bond donors (Lipinski definition) is 6. The van der Waals surface area contributed by atoms with Crippen molar-refractivity contribution in [2.75, 3.05) is 26.4 Å². The smallest absolute Gasteiger partial charge is 0.338 e. The van der Waals surface area contributed by atoms with Gasteiger partial charge in [-0.3, -0.25) is 4.79 Å². The Morgan fingerprint density at radius 2 is 1.53 bits per heavy atom. The Kier molecular flexibility index (Phi) is 11.7. The van der Waals surface area contributed by atoms with E-state index in [2.05, 4.69) is 5.32 Å². The molecule has 0 saturated carbocycles. The number of carbonyl (C=O) groups is 2. The van der Waals surface area contributed by atoms with Crippen LogP contribution in [0.15, 0.2) is 103 Å².